The second-order valence-corrected chi connectivity index (χ2v) is 19.0. The monoisotopic (exact) mass is 830 g/mol. The molecule has 0 saturated heterocycles. The minimum absolute atomic E-state index is 1.04. The summed E-state index contributed by atoms with van der Waals surface area (Å²) in [5.41, 5.74) is 28.8. The molecule has 2 N–H and O–H groups in total. The quantitative estimate of drug-likeness (QED) is 0.178. The highest BCUT2D eigenvalue weighted by Gasteiger charge is 2.38. The lowest BCUT2D eigenvalue weighted by atomic mass is 9.82. The third kappa shape index (κ3) is 6.01. The number of H-pyrrole nitrogens is 2. The predicted molar refractivity (Wildman–Crippen MR) is 263 cm³/mol. The van der Waals surface area contributed by atoms with Crippen LogP contribution in [0.25, 0.3) is 22.3 Å². The first kappa shape index (κ1) is 38.0. The number of nitrogens with one attached hydrogen (secondary N) is 2. The fourth-order valence-electron chi connectivity index (χ4n) is 12.5. The van der Waals surface area contributed by atoms with Crippen LogP contribution in [-0.2, 0) is 25.7 Å². The molecule has 0 amide bonds. The molecule has 4 heteroatoms. The summed E-state index contributed by atoms with van der Waals surface area (Å²) in [4.78, 5) is 20.9. The van der Waals surface area contributed by atoms with Gasteiger partial charge < -0.3 is 9.97 Å². The van der Waals surface area contributed by atoms with Crippen LogP contribution in [0.4, 0.5) is 0 Å². The molecule has 2 aromatic heterocycles. The van der Waals surface area contributed by atoms with Crippen molar-refractivity contribution in [2.24, 2.45) is 9.98 Å². The lowest BCUT2D eigenvalue weighted by molar-refractivity contribution is 0.685. The molecule has 7 aliphatic rings. The van der Waals surface area contributed by atoms with Crippen molar-refractivity contribution in [2.45, 2.75) is 103 Å². The standard InChI is InChI=1S/C60H54N4/c1-5-21-37(22-6-1)49-53-41-29-13-15-31-43(41)55(61-53)50(38-23-7-2-8-24-38)57-45-33-17-19-35-47(45)59(63-57)52(40-27-11-4-12-28-40)60-48-36-20-18-34-46(48)58(64-60)51(39-25-9-3-10-26-39)56-44-32-16-14-30-42(44)54(49)62-56/h1-12,21-28,61,64H,13-20,29-36H2/b53-49-,54-49?,55-50-,56-51-,57-50?,58-51?,59-52-,60-52?. The van der Waals surface area contributed by atoms with E-state index in [0.717, 1.165) is 51.4 Å². The molecule has 0 unspecified atom stereocenters. The van der Waals surface area contributed by atoms with E-state index in [2.05, 4.69) is 131 Å². The van der Waals surface area contributed by atoms with Gasteiger partial charge in [0.1, 0.15) is 0 Å². The molecule has 314 valence electrons. The van der Waals surface area contributed by atoms with E-state index in [1.54, 1.807) is 0 Å². The van der Waals surface area contributed by atoms with Crippen molar-refractivity contribution < 1.29 is 0 Å². The van der Waals surface area contributed by atoms with Crippen LogP contribution < -0.4 is 10.7 Å². The van der Waals surface area contributed by atoms with E-state index in [4.69, 9.17) is 9.98 Å². The van der Waals surface area contributed by atoms with Crippen molar-refractivity contribution in [1.29, 1.82) is 0 Å². The molecule has 64 heavy (non-hydrogen) atoms. The molecule has 4 nitrogen and oxygen atoms in total. The molecule has 13 rings (SSSR count). The van der Waals surface area contributed by atoms with E-state index in [-0.39, 0.29) is 0 Å². The van der Waals surface area contributed by atoms with Crippen LogP contribution in [0.2, 0.25) is 0 Å². The molecule has 0 fully saturated rings. The smallest absolute Gasteiger partial charge is 0.0772 e. The molecular formula is C60H54N4. The number of aromatic nitrogens is 2. The zero-order valence-corrected chi connectivity index (χ0v) is 36.8. The molecule has 4 aromatic carbocycles. The molecule has 2 aliphatic heterocycles. The number of benzene rings is 4. The Bertz CT molecular complexity index is 3000. The first-order chi connectivity index (χ1) is 31.8. The van der Waals surface area contributed by atoms with E-state index in [0.29, 0.717) is 0 Å². The Kier molecular flexibility index (Phi) is 9.27. The number of aliphatic imine (C=N–C) groups is 2. The predicted octanol–water partition coefficient (Wildman–Crippen LogP) is 12.4. The lowest BCUT2D eigenvalue weighted by Crippen LogP contribution is -2.24. The number of hydrogen-bond donors (Lipinski definition) is 2. The Morgan fingerprint density at radius 3 is 0.984 bits per heavy atom. The van der Waals surface area contributed by atoms with Crippen molar-refractivity contribution in [3.05, 3.63) is 222 Å². The number of rotatable bonds is 4. The second kappa shape index (κ2) is 15.6. The van der Waals surface area contributed by atoms with E-state index in [1.165, 1.54) is 185 Å². The van der Waals surface area contributed by atoms with Gasteiger partial charge in [0.05, 0.1) is 44.9 Å². The average molecular weight is 831 g/mol. The van der Waals surface area contributed by atoms with E-state index in [9.17, 15) is 0 Å². The van der Waals surface area contributed by atoms with Gasteiger partial charge in [-0.3, -0.25) is 0 Å². The lowest BCUT2D eigenvalue weighted by Gasteiger charge is -2.20. The highest BCUT2D eigenvalue weighted by Crippen LogP contribution is 2.49. The number of allylic oxidation sites excluding steroid dienone is 4. The third-order valence-electron chi connectivity index (χ3n) is 15.4. The van der Waals surface area contributed by atoms with Crippen LogP contribution in [0.3, 0.4) is 0 Å². The molecule has 0 saturated carbocycles. The van der Waals surface area contributed by atoms with Crippen molar-refractivity contribution in [2.75, 3.05) is 0 Å². The Labute approximate surface area is 376 Å². The zero-order chi connectivity index (χ0) is 42.1. The summed E-state index contributed by atoms with van der Waals surface area (Å²) in [6, 6.07) is 45.0. The summed E-state index contributed by atoms with van der Waals surface area (Å²) >= 11 is 0. The fourth-order valence-corrected chi connectivity index (χ4v) is 12.5. The van der Waals surface area contributed by atoms with E-state index < -0.39 is 0 Å². The van der Waals surface area contributed by atoms with E-state index in [1.807, 2.05) is 0 Å². The molecule has 5 aliphatic carbocycles. The molecule has 0 spiro atoms. The van der Waals surface area contributed by atoms with Crippen LogP contribution in [-0.4, -0.2) is 21.4 Å². The van der Waals surface area contributed by atoms with Gasteiger partial charge >= 0.3 is 0 Å². The third-order valence-corrected chi connectivity index (χ3v) is 15.4. The first-order valence-corrected chi connectivity index (χ1v) is 24.4. The van der Waals surface area contributed by atoms with Crippen molar-refractivity contribution in [3.63, 3.8) is 0 Å². The van der Waals surface area contributed by atoms with Gasteiger partial charge in [-0.1, -0.05) is 121 Å². The van der Waals surface area contributed by atoms with E-state index >= 15 is 0 Å². The maximum atomic E-state index is 6.09. The Hall–Kier alpha value is -6.52. The second-order valence-electron chi connectivity index (χ2n) is 19.0. The summed E-state index contributed by atoms with van der Waals surface area (Å²) in [7, 11) is 0. The van der Waals surface area contributed by atoms with Gasteiger partial charge in [-0.2, -0.15) is 0 Å². The van der Waals surface area contributed by atoms with Crippen LogP contribution >= 0.6 is 0 Å². The highest BCUT2D eigenvalue weighted by molar-refractivity contribution is 6.35. The largest absolute Gasteiger partial charge is 0.354 e. The van der Waals surface area contributed by atoms with Crippen molar-refractivity contribution in [3.8, 4) is 0 Å². The maximum absolute atomic E-state index is 6.09. The average Bonchev–Trinajstić information content (AvgIpc) is 4.14. The van der Waals surface area contributed by atoms with Gasteiger partial charge in [-0.25, -0.2) is 9.98 Å². The fraction of sp³-hybridized carbons (Fsp3) is 0.267. The minimum Gasteiger partial charge on any atom is -0.354 e. The summed E-state index contributed by atoms with van der Waals surface area (Å²) < 4.78 is 0. The van der Waals surface area contributed by atoms with Crippen molar-refractivity contribution >= 4 is 33.7 Å². The maximum Gasteiger partial charge on any atom is 0.0772 e. The zero-order valence-electron chi connectivity index (χ0n) is 36.8. The SMILES string of the molecule is c1ccc(/C2=C3N=C(C4=C/3CCCC4)/C(c3ccccc3)=c3\[nH]/c(c4c3CCCC4)=C(/c3ccccc3)C3=N/C(=C(/c4ccccc4)c4[nH]c2c2c4CCCC2)C2=C3CCCC2)cc1. The van der Waals surface area contributed by atoms with Gasteiger partial charge in [0, 0.05) is 22.3 Å². The Morgan fingerprint density at radius 1 is 0.297 bits per heavy atom. The van der Waals surface area contributed by atoms with Crippen molar-refractivity contribution in [1.82, 2.24) is 9.97 Å². The normalized spacial score (nSPS) is 23.3. The van der Waals surface area contributed by atoms with Gasteiger partial charge in [0.25, 0.3) is 0 Å². The summed E-state index contributed by atoms with van der Waals surface area (Å²) in [5.74, 6) is 0. The summed E-state index contributed by atoms with van der Waals surface area (Å²) in [6.07, 6.45) is 17.9. The van der Waals surface area contributed by atoms with Crippen LogP contribution in [0.15, 0.2) is 165 Å². The molecule has 0 radical (unpaired) electrons. The number of hydrogen-bond acceptors (Lipinski definition) is 2. The first-order valence-electron chi connectivity index (χ1n) is 24.4. The number of aromatic amines is 2. The summed E-state index contributed by atoms with van der Waals surface area (Å²) in [5, 5.41) is 2.51. The minimum atomic E-state index is 1.04. The molecule has 6 aromatic rings. The Balaban J connectivity index is 1.28. The van der Waals surface area contributed by atoms with Gasteiger partial charge in [0.2, 0.25) is 0 Å². The molecule has 0 atom stereocenters. The molecule has 4 heterocycles. The van der Waals surface area contributed by atoms with Gasteiger partial charge in [-0.15, -0.1) is 0 Å². The number of nitrogens with zero attached hydrogens (tertiary/aromatic N) is 2. The summed E-state index contributed by atoms with van der Waals surface area (Å²) in [6.45, 7) is 0. The highest BCUT2D eigenvalue weighted by atomic mass is 14.9. The van der Waals surface area contributed by atoms with Gasteiger partial charge in [-0.05, 0) is 170 Å². The molecule has 8 bridgehead atoms. The molecular weight excluding hydrogens is 777 g/mol. The Morgan fingerprint density at radius 2 is 0.609 bits per heavy atom. The van der Waals surface area contributed by atoms with Gasteiger partial charge in [0.15, 0.2) is 0 Å². The van der Waals surface area contributed by atoms with Crippen LogP contribution in [0, 0.1) is 0 Å². The van der Waals surface area contributed by atoms with Crippen LogP contribution in [0.5, 0.6) is 0 Å². The van der Waals surface area contributed by atoms with Crippen LogP contribution in [0.1, 0.15) is 133 Å². The topological polar surface area (TPSA) is 56.3 Å².